The average Bonchev–Trinajstić information content (AvgIpc) is 2.14. The molecule has 1 rings (SSSR count). The molecule has 1 aliphatic heterocycles. The standard InChI is InChI=1S/C14H26O2/c1-10(13(2,3)4)11-8-12(14(5,6)7)16-9-15-11/h8,10-11H,9H2,1-7H3. The van der Waals surface area contributed by atoms with Gasteiger partial charge in [-0.05, 0) is 17.4 Å². The Bertz CT molecular complexity index is 265. The lowest BCUT2D eigenvalue weighted by Gasteiger charge is -2.37. The highest BCUT2D eigenvalue weighted by Crippen LogP contribution is 2.35. The maximum absolute atomic E-state index is 5.69. The Kier molecular flexibility index (Phi) is 3.73. The van der Waals surface area contributed by atoms with Gasteiger partial charge in [-0.15, -0.1) is 0 Å². The van der Waals surface area contributed by atoms with Crippen molar-refractivity contribution >= 4 is 0 Å². The van der Waals surface area contributed by atoms with E-state index >= 15 is 0 Å². The van der Waals surface area contributed by atoms with Gasteiger partial charge in [0.05, 0.1) is 6.10 Å². The van der Waals surface area contributed by atoms with Crippen LogP contribution >= 0.6 is 0 Å². The minimum Gasteiger partial charge on any atom is -0.472 e. The molecule has 0 saturated heterocycles. The summed E-state index contributed by atoms with van der Waals surface area (Å²) in [6.07, 6.45) is 2.32. The molecule has 94 valence electrons. The van der Waals surface area contributed by atoms with Gasteiger partial charge in [0, 0.05) is 5.41 Å². The predicted octanol–water partition coefficient (Wildman–Crippen LogP) is 3.97. The van der Waals surface area contributed by atoms with Gasteiger partial charge in [0.2, 0.25) is 0 Å². The molecule has 0 saturated carbocycles. The minimum absolute atomic E-state index is 0.0691. The van der Waals surface area contributed by atoms with Crippen LogP contribution in [0.25, 0.3) is 0 Å². The lowest BCUT2D eigenvalue weighted by atomic mass is 9.77. The van der Waals surface area contributed by atoms with Crippen LogP contribution in [0.4, 0.5) is 0 Å². The van der Waals surface area contributed by atoms with Crippen molar-refractivity contribution < 1.29 is 9.47 Å². The van der Waals surface area contributed by atoms with Crippen LogP contribution in [0.15, 0.2) is 11.8 Å². The molecular formula is C14H26O2. The lowest BCUT2D eigenvalue weighted by Crippen LogP contribution is -2.35. The second kappa shape index (κ2) is 4.40. The lowest BCUT2D eigenvalue weighted by molar-refractivity contribution is -0.110. The Hall–Kier alpha value is -0.500. The van der Waals surface area contributed by atoms with Crippen molar-refractivity contribution in [1.29, 1.82) is 0 Å². The van der Waals surface area contributed by atoms with Crippen molar-refractivity contribution in [2.24, 2.45) is 16.7 Å². The Labute approximate surface area is 100 Å². The molecule has 1 aliphatic rings. The largest absolute Gasteiger partial charge is 0.472 e. The second-order valence-corrected chi connectivity index (χ2v) is 6.83. The molecule has 0 aliphatic carbocycles. The number of rotatable bonds is 1. The fourth-order valence-electron chi connectivity index (χ4n) is 1.67. The van der Waals surface area contributed by atoms with Gasteiger partial charge < -0.3 is 9.47 Å². The van der Waals surface area contributed by atoms with Crippen molar-refractivity contribution in [3.05, 3.63) is 11.8 Å². The first-order valence-corrected chi connectivity index (χ1v) is 6.09. The Morgan fingerprint density at radius 3 is 2.19 bits per heavy atom. The van der Waals surface area contributed by atoms with Crippen molar-refractivity contribution in [1.82, 2.24) is 0 Å². The summed E-state index contributed by atoms with van der Waals surface area (Å²) < 4.78 is 11.3. The topological polar surface area (TPSA) is 18.5 Å². The van der Waals surface area contributed by atoms with Crippen molar-refractivity contribution in [2.75, 3.05) is 6.79 Å². The Morgan fingerprint density at radius 1 is 1.19 bits per heavy atom. The van der Waals surface area contributed by atoms with E-state index in [1.54, 1.807) is 0 Å². The summed E-state index contributed by atoms with van der Waals surface area (Å²) in [6.45, 7) is 15.9. The zero-order valence-corrected chi connectivity index (χ0v) is 11.8. The minimum atomic E-state index is 0.0691. The summed E-state index contributed by atoms with van der Waals surface area (Å²) in [4.78, 5) is 0. The molecule has 0 spiro atoms. The van der Waals surface area contributed by atoms with Gasteiger partial charge in [-0.3, -0.25) is 0 Å². The summed E-state index contributed by atoms with van der Waals surface area (Å²) in [5.74, 6) is 1.54. The van der Waals surface area contributed by atoms with E-state index in [0.717, 1.165) is 5.76 Å². The molecule has 0 aromatic heterocycles. The van der Waals surface area contributed by atoms with Crippen molar-refractivity contribution in [3.63, 3.8) is 0 Å². The van der Waals surface area contributed by atoms with E-state index in [9.17, 15) is 0 Å². The Morgan fingerprint density at radius 2 is 1.75 bits per heavy atom. The number of hydrogen-bond acceptors (Lipinski definition) is 2. The smallest absolute Gasteiger partial charge is 0.189 e. The van der Waals surface area contributed by atoms with E-state index in [1.165, 1.54) is 0 Å². The third-order valence-electron chi connectivity index (χ3n) is 3.39. The van der Waals surface area contributed by atoms with Gasteiger partial charge in [0.1, 0.15) is 5.76 Å². The molecular weight excluding hydrogens is 200 g/mol. The molecule has 0 aromatic carbocycles. The molecule has 2 heteroatoms. The summed E-state index contributed by atoms with van der Waals surface area (Å²) in [5, 5.41) is 0. The zero-order valence-electron chi connectivity index (χ0n) is 11.8. The van der Waals surface area contributed by atoms with Crippen molar-refractivity contribution in [2.45, 2.75) is 54.6 Å². The molecule has 0 fully saturated rings. The van der Waals surface area contributed by atoms with E-state index in [4.69, 9.17) is 9.47 Å². The van der Waals surface area contributed by atoms with Crippen LogP contribution in [0.1, 0.15) is 48.5 Å². The quantitative estimate of drug-likeness (QED) is 0.673. The highest BCUT2D eigenvalue weighted by Gasteiger charge is 2.32. The molecule has 0 bridgehead atoms. The zero-order chi connectivity index (χ0) is 12.6. The molecule has 16 heavy (non-hydrogen) atoms. The van der Waals surface area contributed by atoms with Gasteiger partial charge >= 0.3 is 0 Å². The molecule has 0 aromatic rings. The fraction of sp³-hybridized carbons (Fsp3) is 0.857. The molecule has 2 unspecified atom stereocenters. The van der Waals surface area contributed by atoms with E-state index in [2.05, 4.69) is 54.5 Å². The van der Waals surface area contributed by atoms with Gasteiger partial charge in [0.15, 0.2) is 6.79 Å². The summed E-state index contributed by atoms with van der Waals surface area (Å²) >= 11 is 0. The van der Waals surface area contributed by atoms with E-state index < -0.39 is 0 Å². The number of allylic oxidation sites excluding steroid dienone is 1. The van der Waals surface area contributed by atoms with Crippen LogP contribution in [0.3, 0.4) is 0 Å². The molecule has 1 heterocycles. The monoisotopic (exact) mass is 226 g/mol. The normalized spacial score (nSPS) is 24.7. The third kappa shape index (κ3) is 3.24. The molecule has 0 N–H and O–H groups in total. The summed E-state index contributed by atoms with van der Waals surface area (Å²) in [5.41, 5.74) is 0.321. The predicted molar refractivity (Wildman–Crippen MR) is 67.0 cm³/mol. The first-order valence-electron chi connectivity index (χ1n) is 6.09. The number of ether oxygens (including phenoxy) is 2. The SMILES string of the molecule is CC(C1C=C(C(C)(C)C)OCO1)C(C)(C)C. The van der Waals surface area contributed by atoms with Gasteiger partial charge in [-0.2, -0.15) is 0 Å². The maximum Gasteiger partial charge on any atom is 0.189 e. The van der Waals surface area contributed by atoms with Gasteiger partial charge in [-0.1, -0.05) is 48.5 Å². The van der Waals surface area contributed by atoms with Crippen LogP contribution in [0.5, 0.6) is 0 Å². The maximum atomic E-state index is 5.69. The first kappa shape index (κ1) is 13.6. The first-order chi connectivity index (χ1) is 7.12. The van der Waals surface area contributed by atoms with Crippen LogP contribution in [-0.4, -0.2) is 12.9 Å². The van der Waals surface area contributed by atoms with E-state index in [0.29, 0.717) is 12.7 Å². The second-order valence-electron chi connectivity index (χ2n) is 6.83. The van der Waals surface area contributed by atoms with Crippen molar-refractivity contribution in [3.8, 4) is 0 Å². The van der Waals surface area contributed by atoms with Crippen LogP contribution in [0.2, 0.25) is 0 Å². The highest BCUT2D eigenvalue weighted by molar-refractivity contribution is 5.09. The van der Waals surface area contributed by atoms with Gasteiger partial charge in [-0.25, -0.2) is 0 Å². The highest BCUT2D eigenvalue weighted by atomic mass is 16.7. The molecule has 2 atom stereocenters. The van der Waals surface area contributed by atoms with Crippen LogP contribution in [0, 0.1) is 16.7 Å². The van der Waals surface area contributed by atoms with Crippen LogP contribution in [-0.2, 0) is 9.47 Å². The molecule has 0 radical (unpaired) electrons. The summed E-state index contributed by atoms with van der Waals surface area (Å²) in [7, 11) is 0. The van der Waals surface area contributed by atoms with Crippen LogP contribution < -0.4 is 0 Å². The van der Waals surface area contributed by atoms with E-state index in [1.807, 2.05) is 0 Å². The summed E-state index contributed by atoms with van der Waals surface area (Å²) in [6, 6.07) is 0. The molecule has 2 nitrogen and oxygen atoms in total. The number of hydrogen-bond donors (Lipinski definition) is 0. The molecule has 0 amide bonds. The fourth-order valence-corrected chi connectivity index (χ4v) is 1.67. The third-order valence-corrected chi connectivity index (χ3v) is 3.39. The average molecular weight is 226 g/mol. The Balaban J connectivity index is 2.84. The van der Waals surface area contributed by atoms with Gasteiger partial charge in [0.25, 0.3) is 0 Å². The van der Waals surface area contributed by atoms with E-state index in [-0.39, 0.29) is 16.9 Å².